The molecule has 0 aliphatic rings. The van der Waals surface area contributed by atoms with Crippen LogP contribution in [0.15, 0.2) is 17.5 Å². The molecule has 0 aliphatic heterocycles. The molecule has 0 radical (unpaired) electrons. The molecule has 0 bridgehead atoms. The first-order valence-corrected chi connectivity index (χ1v) is 4.44. The molecule has 2 rings (SSSR count). The Bertz CT molecular complexity index is 465. The number of thiophene rings is 1. The van der Waals surface area contributed by atoms with Crippen LogP contribution < -0.4 is 0 Å². The van der Waals surface area contributed by atoms with Crippen LogP contribution in [0.25, 0.3) is 10.2 Å². The van der Waals surface area contributed by atoms with E-state index < -0.39 is 0 Å². The Labute approximate surface area is 74.1 Å². The summed E-state index contributed by atoms with van der Waals surface area (Å²) < 4.78 is 1.14. The summed E-state index contributed by atoms with van der Waals surface area (Å²) in [4.78, 5) is 4.20. The van der Waals surface area contributed by atoms with E-state index in [2.05, 4.69) is 10.4 Å². The van der Waals surface area contributed by atoms with Gasteiger partial charge in [-0.25, -0.2) is 4.98 Å². The molecule has 3 heteroatoms. The predicted octanol–water partition coefficient (Wildman–Crippen LogP) is 2.48. The number of nitrogens with zero attached hydrogens (tertiary/aromatic N) is 2. The molecule has 2 nitrogen and oxygen atoms in total. The fraction of sp³-hybridized carbons (Fsp3) is 0.111. The number of aromatic nitrogens is 1. The van der Waals surface area contributed by atoms with Crippen molar-refractivity contribution in [3.63, 3.8) is 0 Å². The van der Waals surface area contributed by atoms with Gasteiger partial charge in [-0.1, -0.05) is 0 Å². The Balaban J connectivity index is 2.82. The smallest absolute Gasteiger partial charge is 0.141 e. The zero-order chi connectivity index (χ0) is 8.55. The van der Waals surface area contributed by atoms with Gasteiger partial charge in [0.2, 0.25) is 0 Å². The average molecular weight is 174 g/mol. The van der Waals surface area contributed by atoms with Crippen molar-refractivity contribution < 1.29 is 0 Å². The minimum atomic E-state index is 0.490. The Hall–Kier alpha value is -1.40. The van der Waals surface area contributed by atoms with Gasteiger partial charge in [0.25, 0.3) is 0 Å². The summed E-state index contributed by atoms with van der Waals surface area (Å²) in [5, 5.41) is 10.7. The minimum absolute atomic E-state index is 0.490. The molecule has 0 saturated heterocycles. The van der Waals surface area contributed by atoms with E-state index in [9.17, 15) is 0 Å². The van der Waals surface area contributed by atoms with E-state index in [1.165, 1.54) is 0 Å². The van der Waals surface area contributed by atoms with Gasteiger partial charge in [-0.05, 0) is 30.0 Å². The first kappa shape index (κ1) is 7.26. The van der Waals surface area contributed by atoms with E-state index in [0.717, 1.165) is 15.8 Å². The van der Waals surface area contributed by atoms with Gasteiger partial charge in [0.1, 0.15) is 11.8 Å². The van der Waals surface area contributed by atoms with E-state index in [-0.39, 0.29) is 0 Å². The average Bonchev–Trinajstić information content (AvgIpc) is 2.47. The lowest BCUT2D eigenvalue weighted by molar-refractivity contribution is 1.32. The van der Waals surface area contributed by atoms with Gasteiger partial charge in [-0.15, -0.1) is 11.3 Å². The van der Waals surface area contributed by atoms with Crippen LogP contribution >= 0.6 is 11.3 Å². The summed E-state index contributed by atoms with van der Waals surface area (Å²) in [6, 6.07) is 5.72. The first-order chi connectivity index (χ1) is 5.81. The number of hydrogen-bond donors (Lipinski definition) is 0. The Morgan fingerprint density at radius 3 is 3.08 bits per heavy atom. The van der Waals surface area contributed by atoms with Crippen molar-refractivity contribution in [3.8, 4) is 6.07 Å². The summed E-state index contributed by atoms with van der Waals surface area (Å²) in [5.41, 5.74) is 2.59. The molecule has 0 unspecified atom stereocenters. The highest BCUT2D eigenvalue weighted by atomic mass is 32.1. The van der Waals surface area contributed by atoms with Crippen molar-refractivity contribution in [2.45, 2.75) is 6.92 Å². The SMILES string of the molecule is Cc1csc2ccc(C#N)nc12. The Morgan fingerprint density at radius 1 is 1.50 bits per heavy atom. The van der Waals surface area contributed by atoms with Crippen molar-refractivity contribution >= 4 is 21.6 Å². The van der Waals surface area contributed by atoms with Gasteiger partial charge < -0.3 is 0 Å². The standard InChI is InChI=1S/C9H6N2S/c1-6-5-12-8-3-2-7(4-10)11-9(6)8/h2-3,5H,1H3. The fourth-order valence-corrected chi connectivity index (χ4v) is 1.97. The number of hydrogen-bond acceptors (Lipinski definition) is 3. The molecule has 2 aromatic rings. The van der Waals surface area contributed by atoms with Crippen molar-refractivity contribution in [1.29, 1.82) is 5.26 Å². The van der Waals surface area contributed by atoms with E-state index in [1.807, 2.05) is 19.1 Å². The highest BCUT2D eigenvalue weighted by Crippen LogP contribution is 2.23. The lowest BCUT2D eigenvalue weighted by Crippen LogP contribution is -1.81. The van der Waals surface area contributed by atoms with Crippen LogP contribution in [-0.2, 0) is 0 Å². The highest BCUT2D eigenvalue weighted by molar-refractivity contribution is 7.17. The minimum Gasteiger partial charge on any atom is -0.236 e. The molecule has 0 spiro atoms. The molecule has 0 amide bonds. The van der Waals surface area contributed by atoms with Gasteiger partial charge in [-0.3, -0.25) is 0 Å². The maximum absolute atomic E-state index is 8.62. The molecule has 0 atom stereocenters. The van der Waals surface area contributed by atoms with Gasteiger partial charge in [0.15, 0.2) is 0 Å². The molecular formula is C9H6N2S. The molecule has 0 fully saturated rings. The van der Waals surface area contributed by atoms with Crippen molar-refractivity contribution in [2.24, 2.45) is 0 Å². The number of fused-ring (bicyclic) bond motifs is 1. The quantitative estimate of drug-likeness (QED) is 0.615. The van der Waals surface area contributed by atoms with Gasteiger partial charge in [0, 0.05) is 0 Å². The highest BCUT2D eigenvalue weighted by Gasteiger charge is 2.01. The third kappa shape index (κ3) is 0.973. The van der Waals surface area contributed by atoms with Crippen molar-refractivity contribution in [1.82, 2.24) is 4.98 Å². The van der Waals surface area contributed by atoms with E-state index in [0.29, 0.717) is 5.69 Å². The molecule has 0 aromatic carbocycles. The third-order valence-corrected chi connectivity index (χ3v) is 2.76. The molecule has 2 aromatic heterocycles. The van der Waals surface area contributed by atoms with Crippen LogP contribution in [0.4, 0.5) is 0 Å². The summed E-state index contributed by atoms with van der Waals surface area (Å²) >= 11 is 1.66. The Kier molecular flexibility index (Phi) is 1.56. The molecule has 12 heavy (non-hydrogen) atoms. The number of aryl methyl sites for hydroxylation is 1. The lowest BCUT2D eigenvalue weighted by Gasteiger charge is -1.90. The molecular weight excluding hydrogens is 168 g/mol. The monoisotopic (exact) mass is 174 g/mol. The van der Waals surface area contributed by atoms with E-state index in [4.69, 9.17) is 5.26 Å². The summed E-state index contributed by atoms with van der Waals surface area (Å²) in [6.45, 7) is 2.01. The summed E-state index contributed by atoms with van der Waals surface area (Å²) in [6.07, 6.45) is 0. The second-order valence-corrected chi connectivity index (χ2v) is 3.48. The number of nitriles is 1. The maximum Gasteiger partial charge on any atom is 0.141 e. The fourth-order valence-electron chi connectivity index (χ4n) is 1.09. The number of rotatable bonds is 0. The molecule has 0 aliphatic carbocycles. The van der Waals surface area contributed by atoms with E-state index >= 15 is 0 Å². The zero-order valence-electron chi connectivity index (χ0n) is 6.53. The van der Waals surface area contributed by atoms with Crippen molar-refractivity contribution in [3.05, 3.63) is 28.8 Å². The van der Waals surface area contributed by atoms with Crippen LogP contribution in [-0.4, -0.2) is 4.98 Å². The van der Waals surface area contributed by atoms with Crippen LogP contribution in [0.5, 0.6) is 0 Å². The topological polar surface area (TPSA) is 36.7 Å². The van der Waals surface area contributed by atoms with Gasteiger partial charge in [-0.2, -0.15) is 5.26 Å². The third-order valence-electron chi connectivity index (χ3n) is 1.71. The Morgan fingerprint density at radius 2 is 2.33 bits per heavy atom. The number of pyridine rings is 1. The van der Waals surface area contributed by atoms with Crippen LogP contribution in [0.3, 0.4) is 0 Å². The van der Waals surface area contributed by atoms with Crippen LogP contribution in [0, 0.1) is 18.3 Å². The largest absolute Gasteiger partial charge is 0.236 e. The normalized spacial score (nSPS) is 10.0. The second-order valence-electron chi connectivity index (χ2n) is 2.57. The lowest BCUT2D eigenvalue weighted by atomic mass is 10.3. The zero-order valence-corrected chi connectivity index (χ0v) is 7.35. The summed E-state index contributed by atoms with van der Waals surface area (Å²) in [7, 11) is 0. The van der Waals surface area contributed by atoms with Gasteiger partial charge in [0.05, 0.1) is 10.2 Å². The molecule has 2 heterocycles. The van der Waals surface area contributed by atoms with Crippen molar-refractivity contribution in [2.75, 3.05) is 0 Å². The molecule has 0 saturated carbocycles. The first-order valence-electron chi connectivity index (χ1n) is 3.56. The van der Waals surface area contributed by atoms with Gasteiger partial charge >= 0.3 is 0 Å². The predicted molar refractivity (Wildman–Crippen MR) is 49.1 cm³/mol. The second kappa shape index (κ2) is 2.58. The maximum atomic E-state index is 8.62. The molecule has 0 N–H and O–H groups in total. The summed E-state index contributed by atoms with van der Waals surface area (Å²) in [5.74, 6) is 0. The van der Waals surface area contributed by atoms with Crippen LogP contribution in [0.1, 0.15) is 11.3 Å². The van der Waals surface area contributed by atoms with E-state index in [1.54, 1.807) is 17.4 Å². The van der Waals surface area contributed by atoms with Crippen LogP contribution in [0.2, 0.25) is 0 Å². The molecule has 58 valence electrons.